The van der Waals surface area contributed by atoms with E-state index in [0.717, 1.165) is 12.1 Å². The zero-order valence-corrected chi connectivity index (χ0v) is 11.6. The minimum atomic E-state index is -4.56. The number of aryl methyl sites for hydroxylation is 1. The normalized spacial score (nSPS) is 11.7. The third-order valence-electron chi connectivity index (χ3n) is 3.02. The largest absolute Gasteiger partial charge is 0.550 e. The molecule has 9 heteroatoms. The van der Waals surface area contributed by atoms with Gasteiger partial charge >= 0.3 is 5.63 Å². The molecule has 0 atom stereocenters. The van der Waals surface area contributed by atoms with Crippen molar-refractivity contribution in [3.8, 4) is 0 Å². The maximum absolute atomic E-state index is 11.7. The molecule has 0 radical (unpaired) electrons. The van der Waals surface area contributed by atoms with Crippen LogP contribution in [0, 0.1) is 6.92 Å². The minimum Gasteiger partial charge on any atom is -0.550 e. The molecule has 0 aliphatic carbocycles. The molecule has 0 bridgehead atoms. The summed E-state index contributed by atoms with van der Waals surface area (Å²) in [5.41, 5.74) is 4.37. The number of hydrogen-bond donors (Lipinski definition) is 2. The topological polar surface area (TPSA) is 151 Å². The van der Waals surface area contributed by atoms with E-state index < -0.39 is 33.0 Å². The van der Waals surface area contributed by atoms with Crippen LogP contribution in [0.25, 0.3) is 11.0 Å². The summed E-state index contributed by atoms with van der Waals surface area (Å²) >= 11 is 0. The molecular weight excluding hydrogens is 302 g/mol. The monoisotopic (exact) mass is 312 g/mol. The predicted octanol–water partition coefficient (Wildman–Crippen LogP) is -0.777. The molecule has 0 saturated heterocycles. The Balaban J connectivity index is 2.88. The molecule has 8 nitrogen and oxygen atoms in total. The number of rotatable bonds is 3. The molecular formula is C12H10NO7S-. The predicted molar refractivity (Wildman–Crippen MR) is 70.2 cm³/mol. The van der Waals surface area contributed by atoms with Crippen molar-refractivity contribution >= 4 is 32.7 Å². The van der Waals surface area contributed by atoms with Crippen LogP contribution in [0.15, 0.2) is 26.2 Å². The molecule has 0 unspecified atom stereocenters. The third kappa shape index (κ3) is 2.73. The molecule has 112 valence electrons. The van der Waals surface area contributed by atoms with Gasteiger partial charge in [0.1, 0.15) is 10.5 Å². The number of nitrogens with two attached hydrogens (primary N) is 1. The first-order valence-corrected chi connectivity index (χ1v) is 7.08. The Morgan fingerprint density at radius 2 is 2.05 bits per heavy atom. The quantitative estimate of drug-likeness (QED) is 0.425. The number of carbonyl (C=O) groups excluding carboxylic acids is 1. The molecule has 21 heavy (non-hydrogen) atoms. The van der Waals surface area contributed by atoms with E-state index >= 15 is 0 Å². The Bertz CT molecular complexity index is 911. The lowest BCUT2D eigenvalue weighted by Crippen LogP contribution is -2.27. The average molecular weight is 312 g/mol. The van der Waals surface area contributed by atoms with Gasteiger partial charge in [-0.05, 0) is 18.6 Å². The summed E-state index contributed by atoms with van der Waals surface area (Å²) in [6, 6.07) is 2.10. The van der Waals surface area contributed by atoms with Gasteiger partial charge in [0.05, 0.1) is 5.69 Å². The first kappa shape index (κ1) is 15.0. The fourth-order valence-corrected chi connectivity index (χ4v) is 2.63. The number of carbonyl (C=O) groups is 1. The van der Waals surface area contributed by atoms with E-state index in [2.05, 4.69) is 0 Å². The number of carboxylic acids is 1. The third-order valence-corrected chi connectivity index (χ3v) is 3.93. The van der Waals surface area contributed by atoms with Crippen molar-refractivity contribution in [3.63, 3.8) is 0 Å². The molecule has 0 aliphatic heterocycles. The van der Waals surface area contributed by atoms with Gasteiger partial charge in [0, 0.05) is 29.4 Å². The van der Waals surface area contributed by atoms with Crippen LogP contribution in [0.1, 0.15) is 11.1 Å². The van der Waals surface area contributed by atoms with Crippen molar-refractivity contribution in [2.24, 2.45) is 0 Å². The van der Waals surface area contributed by atoms with Crippen molar-refractivity contribution in [2.75, 3.05) is 5.73 Å². The molecule has 0 saturated carbocycles. The molecule has 1 aromatic carbocycles. The second-order valence-electron chi connectivity index (χ2n) is 4.40. The highest BCUT2D eigenvalue weighted by molar-refractivity contribution is 7.86. The summed E-state index contributed by atoms with van der Waals surface area (Å²) < 4.78 is 36.4. The fraction of sp³-hybridized carbons (Fsp3) is 0.167. The van der Waals surface area contributed by atoms with Crippen molar-refractivity contribution in [1.82, 2.24) is 0 Å². The fourth-order valence-electron chi connectivity index (χ4n) is 2.00. The highest BCUT2D eigenvalue weighted by Gasteiger charge is 2.19. The van der Waals surface area contributed by atoms with Crippen LogP contribution in [0.4, 0.5) is 5.69 Å². The Kier molecular flexibility index (Phi) is 3.47. The maximum atomic E-state index is 11.7. The van der Waals surface area contributed by atoms with Gasteiger partial charge < -0.3 is 20.1 Å². The lowest BCUT2D eigenvalue weighted by molar-refractivity contribution is -0.304. The van der Waals surface area contributed by atoms with Crippen molar-refractivity contribution in [2.45, 2.75) is 18.2 Å². The number of anilines is 1. The van der Waals surface area contributed by atoms with E-state index in [-0.39, 0.29) is 27.8 Å². The summed E-state index contributed by atoms with van der Waals surface area (Å²) in [5, 5.41) is 10.8. The average Bonchev–Trinajstić information content (AvgIpc) is 2.32. The van der Waals surface area contributed by atoms with Gasteiger partial charge in [0.15, 0.2) is 0 Å². The number of aliphatic carboxylic acids is 1. The number of nitrogen functional groups attached to an aromatic ring is 1. The van der Waals surface area contributed by atoms with Gasteiger partial charge in [-0.2, -0.15) is 8.42 Å². The van der Waals surface area contributed by atoms with Crippen LogP contribution in [0.2, 0.25) is 0 Å². The smallest absolute Gasteiger partial charge is 0.340 e. The van der Waals surface area contributed by atoms with Crippen molar-refractivity contribution in [1.29, 1.82) is 0 Å². The van der Waals surface area contributed by atoms with Gasteiger partial charge in [0.25, 0.3) is 10.1 Å². The van der Waals surface area contributed by atoms with E-state index in [1.807, 2.05) is 0 Å². The first-order chi connectivity index (χ1) is 9.61. The summed E-state index contributed by atoms with van der Waals surface area (Å²) in [7, 11) is -4.56. The molecule has 1 aromatic heterocycles. The molecule has 0 spiro atoms. The van der Waals surface area contributed by atoms with Crippen LogP contribution >= 0.6 is 0 Å². The van der Waals surface area contributed by atoms with Gasteiger partial charge in [-0.25, -0.2) is 4.79 Å². The Morgan fingerprint density at radius 3 is 2.57 bits per heavy atom. The highest BCUT2D eigenvalue weighted by atomic mass is 32.2. The van der Waals surface area contributed by atoms with Gasteiger partial charge in [0.2, 0.25) is 0 Å². The second kappa shape index (κ2) is 4.86. The van der Waals surface area contributed by atoms with E-state index in [9.17, 15) is 23.1 Å². The molecule has 0 fully saturated rings. The van der Waals surface area contributed by atoms with Crippen LogP contribution in [-0.4, -0.2) is 18.9 Å². The second-order valence-corrected chi connectivity index (χ2v) is 5.79. The Labute approximate surface area is 118 Å². The summed E-state index contributed by atoms with van der Waals surface area (Å²) in [6.07, 6.45) is -0.671. The molecule has 2 aromatic rings. The maximum Gasteiger partial charge on any atom is 0.340 e. The molecule has 2 rings (SSSR count). The van der Waals surface area contributed by atoms with Crippen molar-refractivity contribution < 1.29 is 27.3 Å². The highest BCUT2D eigenvalue weighted by Crippen LogP contribution is 2.28. The first-order valence-electron chi connectivity index (χ1n) is 5.64. The number of carboxylic acid groups (broad SMARTS) is 1. The standard InChI is InChI=1S/C12H11NO7S/c1-5-6-2-10(21(17,18)19)8(13)4-9(6)20-12(16)7(5)3-11(14)15/h2,4H,3,13H2,1H3,(H,14,15)(H,17,18,19)/p-1. The van der Waals surface area contributed by atoms with E-state index in [1.165, 1.54) is 6.92 Å². The summed E-state index contributed by atoms with van der Waals surface area (Å²) in [4.78, 5) is 21.8. The number of benzene rings is 1. The van der Waals surface area contributed by atoms with Gasteiger partial charge in [-0.1, -0.05) is 0 Å². The molecule has 3 N–H and O–H groups in total. The molecule has 0 aliphatic rings. The zero-order chi connectivity index (χ0) is 15.9. The number of fused-ring (bicyclic) bond motifs is 1. The SMILES string of the molecule is Cc1c(CC(=O)[O-])c(=O)oc2cc(N)c(S(=O)(=O)O)cc12. The lowest BCUT2D eigenvalue weighted by atomic mass is 10.0. The zero-order valence-electron chi connectivity index (χ0n) is 10.7. The summed E-state index contributed by atoms with van der Waals surface area (Å²) in [6.45, 7) is 1.43. The lowest BCUT2D eigenvalue weighted by Gasteiger charge is -2.10. The van der Waals surface area contributed by atoms with Crippen LogP contribution < -0.4 is 16.5 Å². The van der Waals surface area contributed by atoms with E-state index in [4.69, 9.17) is 14.7 Å². The van der Waals surface area contributed by atoms with Crippen LogP contribution in [0.5, 0.6) is 0 Å². The van der Waals surface area contributed by atoms with Crippen molar-refractivity contribution in [3.05, 3.63) is 33.7 Å². The molecule has 0 amide bonds. The van der Waals surface area contributed by atoms with E-state index in [1.54, 1.807) is 0 Å². The van der Waals surface area contributed by atoms with E-state index in [0.29, 0.717) is 0 Å². The van der Waals surface area contributed by atoms with Gasteiger partial charge in [-0.3, -0.25) is 4.55 Å². The Hall–Kier alpha value is -2.39. The Morgan fingerprint density at radius 1 is 1.43 bits per heavy atom. The van der Waals surface area contributed by atoms with Crippen LogP contribution in [-0.2, 0) is 21.3 Å². The van der Waals surface area contributed by atoms with Gasteiger partial charge in [-0.15, -0.1) is 0 Å². The minimum absolute atomic E-state index is 0.00972. The number of hydrogen-bond acceptors (Lipinski definition) is 7. The van der Waals surface area contributed by atoms with Crippen LogP contribution in [0.3, 0.4) is 0 Å². The summed E-state index contributed by atoms with van der Waals surface area (Å²) in [5.74, 6) is -1.48. The molecule has 1 heterocycles.